The first-order chi connectivity index (χ1) is 6.30. The number of alkyl halides is 1. The van der Waals surface area contributed by atoms with Crippen molar-refractivity contribution < 1.29 is 0 Å². The Morgan fingerprint density at radius 3 is 2.77 bits per heavy atom. The van der Waals surface area contributed by atoms with E-state index < -0.39 is 0 Å². The second kappa shape index (κ2) is 3.81. The molecule has 0 saturated heterocycles. The second-order valence-corrected chi connectivity index (χ2v) is 5.43. The second-order valence-electron chi connectivity index (χ2n) is 5.12. The molecule has 0 nitrogen and oxygen atoms in total. The third-order valence-corrected chi connectivity index (χ3v) is 4.83. The number of hydrogen-bond acceptors (Lipinski definition) is 0. The van der Waals surface area contributed by atoms with Gasteiger partial charge in [0.05, 0.1) is 0 Å². The smallest absolute Gasteiger partial charge is 0.0257 e. The third-order valence-electron chi connectivity index (χ3n) is 4.46. The zero-order valence-electron chi connectivity index (χ0n) is 8.69. The Balaban J connectivity index is 1.89. The summed E-state index contributed by atoms with van der Waals surface area (Å²) in [4.78, 5) is 0. The molecule has 3 unspecified atom stereocenters. The molecular weight excluding hydrogens is 180 g/mol. The molecule has 2 aliphatic rings. The van der Waals surface area contributed by atoms with Crippen molar-refractivity contribution in [2.45, 2.75) is 51.9 Å². The molecule has 0 radical (unpaired) electrons. The third kappa shape index (κ3) is 1.88. The molecule has 0 bridgehead atoms. The van der Waals surface area contributed by atoms with Gasteiger partial charge in [-0.3, -0.25) is 0 Å². The molecule has 0 aromatic carbocycles. The lowest BCUT2D eigenvalue weighted by molar-refractivity contribution is 0.387. The molecule has 3 atom stereocenters. The van der Waals surface area contributed by atoms with Crippen molar-refractivity contribution in [3.63, 3.8) is 0 Å². The lowest BCUT2D eigenvalue weighted by atomic mass is 9.93. The van der Waals surface area contributed by atoms with E-state index in [9.17, 15) is 0 Å². The molecule has 2 saturated carbocycles. The van der Waals surface area contributed by atoms with Crippen LogP contribution in [-0.2, 0) is 0 Å². The molecule has 2 aliphatic carbocycles. The summed E-state index contributed by atoms with van der Waals surface area (Å²) in [5.41, 5.74) is 0.728. The van der Waals surface area contributed by atoms with Crippen molar-refractivity contribution in [3.8, 4) is 0 Å². The highest BCUT2D eigenvalue weighted by atomic mass is 35.5. The molecule has 0 N–H and O–H groups in total. The molecule has 0 amide bonds. The van der Waals surface area contributed by atoms with E-state index in [-0.39, 0.29) is 0 Å². The fourth-order valence-corrected chi connectivity index (χ4v) is 3.61. The largest absolute Gasteiger partial charge is 0.126 e. The lowest BCUT2D eigenvalue weighted by Gasteiger charge is -2.13. The molecule has 0 aromatic heterocycles. The van der Waals surface area contributed by atoms with Crippen molar-refractivity contribution in [3.05, 3.63) is 0 Å². The number of rotatable bonds is 2. The normalized spacial score (nSPS) is 44.8. The van der Waals surface area contributed by atoms with Gasteiger partial charge >= 0.3 is 0 Å². The van der Waals surface area contributed by atoms with Gasteiger partial charge in [0, 0.05) is 5.88 Å². The van der Waals surface area contributed by atoms with Crippen LogP contribution in [0.1, 0.15) is 51.9 Å². The minimum Gasteiger partial charge on any atom is -0.126 e. The summed E-state index contributed by atoms with van der Waals surface area (Å²) in [6.07, 6.45) is 10.2. The van der Waals surface area contributed by atoms with Crippen LogP contribution in [0.15, 0.2) is 0 Å². The Hall–Kier alpha value is 0.290. The van der Waals surface area contributed by atoms with Gasteiger partial charge in [-0.05, 0) is 42.9 Å². The van der Waals surface area contributed by atoms with Crippen LogP contribution in [0, 0.1) is 17.3 Å². The first kappa shape index (κ1) is 9.83. The average molecular weight is 201 g/mol. The first-order valence-electron chi connectivity index (χ1n) is 5.86. The van der Waals surface area contributed by atoms with E-state index in [4.69, 9.17) is 11.6 Å². The van der Waals surface area contributed by atoms with E-state index in [0.717, 1.165) is 23.1 Å². The Morgan fingerprint density at radius 1 is 1.31 bits per heavy atom. The van der Waals surface area contributed by atoms with E-state index in [0.29, 0.717) is 0 Å². The van der Waals surface area contributed by atoms with Crippen LogP contribution < -0.4 is 0 Å². The van der Waals surface area contributed by atoms with Crippen LogP contribution in [0.2, 0.25) is 0 Å². The maximum Gasteiger partial charge on any atom is 0.0257 e. The van der Waals surface area contributed by atoms with Crippen molar-refractivity contribution >= 4 is 11.6 Å². The van der Waals surface area contributed by atoms with E-state index in [2.05, 4.69) is 6.92 Å². The van der Waals surface area contributed by atoms with Gasteiger partial charge in [-0.1, -0.05) is 26.2 Å². The SMILES string of the molecule is CCC1CCCC2(CC1)CC2CCl. The highest BCUT2D eigenvalue weighted by Gasteiger charge is 2.52. The molecule has 0 heterocycles. The van der Waals surface area contributed by atoms with Gasteiger partial charge in [0.25, 0.3) is 0 Å². The fraction of sp³-hybridized carbons (Fsp3) is 1.00. The topological polar surface area (TPSA) is 0 Å². The zero-order valence-corrected chi connectivity index (χ0v) is 9.45. The fourth-order valence-electron chi connectivity index (χ4n) is 3.17. The zero-order chi connectivity index (χ0) is 9.31. The van der Waals surface area contributed by atoms with Crippen molar-refractivity contribution in [1.29, 1.82) is 0 Å². The van der Waals surface area contributed by atoms with Crippen molar-refractivity contribution in [1.82, 2.24) is 0 Å². The summed E-state index contributed by atoms with van der Waals surface area (Å²) in [7, 11) is 0. The van der Waals surface area contributed by atoms with Crippen LogP contribution in [0.25, 0.3) is 0 Å². The van der Waals surface area contributed by atoms with E-state index in [1.54, 1.807) is 0 Å². The van der Waals surface area contributed by atoms with Gasteiger partial charge in [0.1, 0.15) is 0 Å². The Kier molecular flexibility index (Phi) is 2.88. The summed E-state index contributed by atoms with van der Waals surface area (Å²) in [5, 5.41) is 0. The summed E-state index contributed by atoms with van der Waals surface area (Å²) < 4.78 is 0. The lowest BCUT2D eigenvalue weighted by Crippen LogP contribution is -2.03. The van der Waals surface area contributed by atoms with E-state index in [1.165, 1.54) is 44.9 Å². The number of halogens is 1. The highest BCUT2D eigenvalue weighted by Crippen LogP contribution is 2.61. The van der Waals surface area contributed by atoms with Crippen LogP contribution in [0.4, 0.5) is 0 Å². The minimum atomic E-state index is 0.728. The summed E-state index contributed by atoms with van der Waals surface area (Å²) in [6.45, 7) is 2.34. The van der Waals surface area contributed by atoms with Gasteiger partial charge < -0.3 is 0 Å². The van der Waals surface area contributed by atoms with E-state index in [1.807, 2.05) is 0 Å². The Labute approximate surface area is 87.0 Å². The van der Waals surface area contributed by atoms with Gasteiger partial charge in [0.15, 0.2) is 0 Å². The molecule has 1 heteroatoms. The minimum absolute atomic E-state index is 0.728. The molecule has 0 aromatic rings. The van der Waals surface area contributed by atoms with Crippen molar-refractivity contribution in [2.75, 3.05) is 5.88 Å². The molecule has 76 valence electrons. The first-order valence-corrected chi connectivity index (χ1v) is 6.40. The van der Waals surface area contributed by atoms with Crippen molar-refractivity contribution in [2.24, 2.45) is 17.3 Å². The quantitative estimate of drug-likeness (QED) is 0.586. The average Bonchev–Trinajstić information content (AvgIpc) is 2.89. The van der Waals surface area contributed by atoms with Gasteiger partial charge in [0.2, 0.25) is 0 Å². The Morgan fingerprint density at radius 2 is 2.15 bits per heavy atom. The van der Waals surface area contributed by atoms with Crippen LogP contribution >= 0.6 is 11.6 Å². The molecule has 13 heavy (non-hydrogen) atoms. The maximum atomic E-state index is 5.95. The predicted octanol–water partition coefficient (Wildman–Crippen LogP) is 4.22. The maximum absolute atomic E-state index is 5.95. The Bertz CT molecular complexity index is 174. The molecular formula is C12H21Cl. The monoisotopic (exact) mass is 200 g/mol. The number of hydrogen-bond donors (Lipinski definition) is 0. The van der Waals surface area contributed by atoms with Crippen LogP contribution in [0.5, 0.6) is 0 Å². The summed E-state index contributed by atoms with van der Waals surface area (Å²) in [5.74, 6) is 2.82. The summed E-state index contributed by atoms with van der Waals surface area (Å²) in [6, 6.07) is 0. The van der Waals surface area contributed by atoms with Gasteiger partial charge in [-0.15, -0.1) is 11.6 Å². The molecule has 1 spiro atoms. The van der Waals surface area contributed by atoms with E-state index >= 15 is 0 Å². The van der Waals surface area contributed by atoms with Crippen LogP contribution in [-0.4, -0.2) is 5.88 Å². The van der Waals surface area contributed by atoms with Gasteiger partial charge in [-0.25, -0.2) is 0 Å². The molecule has 0 aliphatic heterocycles. The predicted molar refractivity (Wildman–Crippen MR) is 58.1 cm³/mol. The molecule has 2 fully saturated rings. The van der Waals surface area contributed by atoms with Crippen LogP contribution in [0.3, 0.4) is 0 Å². The summed E-state index contributed by atoms with van der Waals surface area (Å²) >= 11 is 5.95. The standard InChI is InChI=1S/C12H21Cl/c1-2-10-4-3-6-12(7-5-10)8-11(12)9-13/h10-11H,2-9H2,1H3. The highest BCUT2D eigenvalue weighted by molar-refractivity contribution is 6.18. The van der Waals surface area contributed by atoms with Gasteiger partial charge in [-0.2, -0.15) is 0 Å². The molecule has 2 rings (SSSR count).